The molecule has 2 saturated carbocycles. The van der Waals surface area contributed by atoms with Gasteiger partial charge in [0.15, 0.2) is 23.3 Å². The molecule has 8 aromatic rings. The highest BCUT2D eigenvalue weighted by atomic mass is 15.0. The van der Waals surface area contributed by atoms with E-state index in [1.165, 1.54) is 37.7 Å². The maximum Gasteiger partial charge on any atom is 0.164 e. The van der Waals surface area contributed by atoms with Crippen LogP contribution in [-0.4, -0.2) is 24.9 Å². The quantitative estimate of drug-likeness (QED) is 0.154. The summed E-state index contributed by atoms with van der Waals surface area (Å²) in [5.41, 5.74) is 11.8. The monoisotopic (exact) mass is 734 g/mol. The lowest BCUT2D eigenvalue weighted by atomic mass is 9.77. The van der Waals surface area contributed by atoms with E-state index in [0.29, 0.717) is 34.3 Å². The van der Waals surface area contributed by atoms with E-state index in [2.05, 4.69) is 78.9 Å². The predicted molar refractivity (Wildman–Crippen MR) is 226 cm³/mol. The first-order valence-corrected chi connectivity index (χ1v) is 19.7. The van der Waals surface area contributed by atoms with Gasteiger partial charge in [0.05, 0.1) is 23.0 Å². The topological polar surface area (TPSA) is 88.2 Å². The Bertz CT molecular complexity index is 2750. The molecule has 0 unspecified atom stereocenters. The number of fused-ring (bicyclic) bond motifs is 2. The van der Waals surface area contributed by atoms with Gasteiger partial charge in [-0.15, -0.1) is 0 Å². The van der Waals surface area contributed by atoms with Gasteiger partial charge in [0.2, 0.25) is 0 Å². The van der Waals surface area contributed by atoms with Gasteiger partial charge in [0, 0.05) is 33.4 Å². The molecule has 10 rings (SSSR count). The third-order valence-corrected chi connectivity index (χ3v) is 11.9. The molecule has 0 N–H and O–H groups in total. The number of aromatic nitrogens is 5. The standard InChI is InChI=1S/C51H38N6/c52-33-35-8-7-13-43(30-35)36-14-18-40(19-15-36)47-53-45(37-9-3-1-4-10-37)31-46(54-47)38-16-20-41(21-17-38)49-55-48(39-11-5-2-6-12-39)56-50(57-49)42-22-24-44(25-23-42)51-28-26-34(32-51)27-29-51/h1-25,30-31,34H,26-29,32H2. The molecule has 57 heavy (non-hydrogen) atoms. The molecule has 2 bridgehead atoms. The number of nitriles is 1. The summed E-state index contributed by atoms with van der Waals surface area (Å²) in [5, 5.41) is 9.40. The van der Waals surface area contributed by atoms with Crippen LogP contribution in [0.1, 0.15) is 43.2 Å². The van der Waals surface area contributed by atoms with Crippen LogP contribution in [0, 0.1) is 17.2 Å². The van der Waals surface area contributed by atoms with Crippen LogP contribution < -0.4 is 0 Å². The van der Waals surface area contributed by atoms with Crippen molar-refractivity contribution in [2.24, 2.45) is 5.92 Å². The van der Waals surface area contributed by atoms with Crippen LogP contribution in [0.3, 0.4) is 0 Å². The number of hydrogen-bond donors (Lipinski definition) is 0. The van der Waals surface area contributed by atoms with Crippen molar-refractivity contribution in [3.63, 3.8) is 0 Å². The molecule has 2 aliphatic carbocycles. The zero-order valence-electron chi connectivity index (χ0n) is 31.4. The third kappa shape index (κ3) is 6.79. The van der Waals surface area contributed by atoms with Gasteiger partial charge in [-0.3, -0.25) is 0 Å². The number of rotatable bonds is 8. The molecule has 0 saturated heterocycles. The maximum absolute atomic E-state index is 9.40. The van der Waals surface area contributed by atoms with Crippen molar-refractivity contribution in [2.45, 2.75) is 37.5 Å². The van der Waals surface area contributed by atoms with Gasteiger partial charge < -0.3 is 0 Å². The minimum Gasteiger partial charge on any atom is -0.228 e. The fourth-order valence-electron chi connectivity index (χ4n) is 8.77. The van der Waals surface area contributed by atoms with Crippen LogP contribution in [0.2, 0.25) is 0 Å². The Hall–Kier alpha value is -7.10. The van der Waals surface area contributed by atoms with Gasteiger partial charge in [0.1, 0.15) is 0 Å². The van der Waals surface area contributed by atoms with Crippen molar-refractivity contribution >= 4 is 0 Å². The van der Waals surface area contributed by atoms with E-state index in [9.17, 15) is 5.26 Å². The summed E-state index contributed by atoms with van der Waals surface area (Å²) in [6, 6.07) is 57.7. The van der Waals surface area contributed by atoms with Gasteiger partial charge in [-0.05, 0) is 78.3 Å². The van der Waals surface area contributed by atoms with Crippen molar-refractivity contribution in [1.82, 2.24) is 24.9 Å². The van der Waals surface area contributed by atoms with Crippen LogP contribution >= 0.6 is 0 Å². The number of benzene rings is 6. The predicted octanol–water partition coefficient (Wildman–Crippen LogP) is 12.0. The Morgan fingerprint density at radius 2 is 0.860 bits per heavy atom. The third-order valence-electron chi connectivity index (χ3n) is 11.9. The lowest BCUT2D eigenvalue weighted by Gasteiger charge is -2.27. The Balaban J connectivity index is 1.000. The molecule has 6 heteroatoms. The minimum atomic E-state index is 0.355. The van der Waals surface area contributed by atoms with Crippen LogP contribution in [0.15, 0.2) is 164 Å². The molecular formula is C51H38N6. The molecule has 2 aromatic heterocycles. The van der Waals surface area contributed by atoms with Crippen LogP contribution in [0.4, 0.5) is 0 Å². The smallest absolute Gasteiger partial charge is 0.164 e. The van der Waals surface area contributed by atoms with Crippen molar-refractivity contribution in [3.05, 3.63) is 175 Å². The summed E-state index contributed by atoms with van der Waals surface area (Å²) in [7, 11) is 0. The Morgan fingerprint density at radius 1 is 0.421 bits per heavy atom. The van der Waals surface area contributed by atoms with Gasteiger partial charge >= 0.3 is 0 Å². The molecule has 2 heterocycles. The molecular weight excluding hydrogens is 697 g/mol. The second-order valence-electron chi connectivity index (χ2n) is 15.4. The summed E-state index contributed by atoms with van der Waals surface area (Å²) in [4.78, 5) is 25.2. The lowest BCUT2D eigenvalue weighted by molar-refractivity contribution is 0.419. The van der Waals surface area contributed by atoms with E-state index in [4.69, 9.17) is 24.9 Å². The van der Waals surface area contributed by atoms with E-state index in [1.807, 2.05) is 91.0 Å². The van der Waals surface area contributed by atoms with Crippen molar-refractivity contribution in [2.75, 3.05) is 0 Å². The summed E-state index contributed by atoms with van der Waals surface area (Å²) in [5.74, 6) is 3.47. The van der Waals surface area contributed by atoms with Crippen LogP contribution in [-0.2, 0) is 5.41 Å². The Kier molecular flexibility index (Phi) is 8.76. The van der Waals surface area contributed by atoms with E-state index in [1.54, 1.807) is 0 Å². The highest BCUT2D eigenvalue weighted by molar-refractivity contribution is 5.75. The van der Waals surface area contributed by atoms with E-state index >= 15 is 0 Å². The van der Waals surface area contributed by atoms with Crippen LogP contribution in [0.25, 0.3) is 79.2 Å². The highest BCUT2D eigenvalue weighted by Crippen LogP contribution is 2.55. The van der Waals surface area contributed by atoms with E-state index in [0.717, 1.165) is 61.8 Å². The van der Waals surface area contributed by atoms with Gasteiger partial charge in [-0.25, -0.2) is 24.9 Å². The molecule has 272 valence electrons. The average molecular weight is 735 g/mol. The SMILES string of the molecule is N#Cc1cccc(-c2ccc(-c3nc(-c4ccccc4)cc(-c4ccc(-c5nc(-c6ccccc6)nc(-c6ccc(C78CCC(CC7)C8)cc6)n5)cc4)n3)cc2)c1. The van der Waals surface area contributed by atoms with E-state index in [-0.39, 0.29) is 0 Å². The molecule has 0 aliphatic heterocycles. The molecule has 0 spiro atoms. The molecule has 0 atom stereocenters. The summed E-state index contributed by atoms with van der Waals surface area (Å²) < 4.78 is 0. The molecule has 6 nitrogen and oxygen atoms in total. The molecule has 0 amide bonds. The largest absolute Gasteiger partial charge is 0.228 e. The number of nitrogens with zero attached hydrogens (tertiary/aromatic N) is 6. The minimum absolute atomic E-state index is 0.355. The van der Waals surface area contributed by atoms with Gasteiger partial charge in [-0.2, -0.15) is 5.26 Å². The van der Waals surface area contributed by atoms with E-state index < -0.39 is 0 Å². The van der Waals surface area contributed by atoms with Gasteiger partial charge in [0.25, 0.3) is 0 Å². The number of hydrogen-bond acceptors (Lipinski definition) is 6. The first-order chi connectivity index (χ1) is 28.1. The second kappa shape index (κ2) is 14.5. The first kappa shape index (κ1) is 34.4. The molecule has 2 aliphatic rings. The first-order valence-electron chi connectivity index (χ1n) is 19.7. The fourth-order valence-corrected chi connectivity index (χ4v) is 8.77. The molecule has 0 radical (unpaired) electrons. The fraction of sp³-hybridized carbons (Fsp3) is 0.137. The summed E-state index contributed by atoms with van der Waals surface area (Å²) in [6.45, 7) is 0. The van der Waals surface area contributed by atoms with Crippen molar-refractivity contribution in [3.8, 4) is 85.3 Å². The van der Waals surface area contributed by atoms with Gasteiger partial charge in [-0.1, -0.05) is 146 Å². The highest BCUT2D eigenvalue weighted by Gasteiger charge is 2.45. The average Bonchev–Trinajstić information content (AvgIpc) is 3.93. The zero-order valence-corrected chi connectivity index (χ0v) is 31.4. The summed E-state index contributed by atoms with van der Waals surface area (Å²) in [6.07, 6.45) is 6.66. The maximum atomic E-state index is 9.40. The van der Waals surface area contributed by atoms with Crippen molar-refractivity contribution < 1.29 is 0 Å². The second-order valence-corrected chi connectivity index (χ2v) is 15.4. The Morgan fingerprint density at radius 3 is 1.39 bits per heavy atom. The summed E-state index contributed by atoms with van der Waals surface area (Å²) >= 11 is 0. The van der Waals surface area contributed by atoms with Crippen molar-refractivity contribution in [1.29, 1.82) is 5.26 Å². The lowest BCUT2D eigenvalue weighted by Crippen LogP contribution is -2.19. The zero-order chi connectivity index (χ0) is 38.2. The van der Waals surface area contributed by atoms with Crippen LogP contribution in [0.5, 0.6) is 0 Å². The normalized spacial score (nSPS) is 17.0. The Labute approximate surface area is 332 Å². The molecule has 2 fully saturated rings. The molecule has 6 aromatic carbocycles.